The Kier molecular flexibility index (Phi) is 5.70. The molecule has 3 aromatic carbocycles. The third-order valence-corrected chi connectivity index (χ3v) is 5.25. The van der Waals surface area contributed by atoms with E-state index in [0.29, 0.717) is 17.3 Å². The Labute approximate surface area is 188 Å². The van der Waals surface area contributed by atoms with E-state index in [1.165, 1.54) is 15.5 Å². The topological polar surface area (TPSA) is 112 Å². The Morgan fingerprint density at radius 3 is 2.38 bits per heavy atom. The first-order chi connectivity index (χ1) is 15.4. The quantitative estimate of drug-likeness (QED) is 0.424. The molecule has 0 unspecified atom stereocenters. The second kappa shape index (κ2) is 8.60. The highest BCUT2D eigenvalue weighted by Gasteiger charge is 2.24. The number of benzene rings is 3. The summed E-state index contributed by atoms with van der Waals surface area (Å²) in [4.78, 5) is 14.5. The van der Waals surface area contributed by atoms with Gasteiger partial charge in [-0.05, 0) is 23.8 Å². The van der Waals surface area contributed by atoms with Crippen molar-refractivity contribution >= 4 is 17.5 Å². The minimum atomic E-state index is -0.458. The molecule has 9 heteroatoms. The number of carbonyl (C=O) groups is 1. The van der Waals surface area contributed by atoms with Gasteiger partial charge in [-0.15, -0.1) is 5.10 Å². The number of aromatic hydroxyl groups is 3. The van der Waals surface area contributed by atoms with Crippen LogP contribution in [-0.2, 0) is 6.54 Å². The van der Waals surface area contributed by atoms with Gasteiger partial charge >= 0.3 is 6.01 Å². The minimum Gasteiger partial charge on any atom is -0.507 e. The van der Waals surface area contributed by atoms with Crippen molar-refractivity contribution in [3.8, 4) is 34.6 Å². The van der Waals surface area contributed by atoms with Crippen LogP contribution in [0.3, 0.4) is 0 Å². The van der Waals surface area contributed by atoms with Gasteiger partial charge in [-0.25, -0.2) is 4.57 Å². The summed E-state index contributed by atoms with van der Waals surface area (Å²) in [5, 5.41) is 39.1. The van der Waals surface area contributed by atoms with E-state index in [4.69, 9.17) is 11.6 Å². The molecule has 0 aliphatic rings. The van der Waals surface area contributed by atoms with E-state index in [0.717, 1.165) is 11.6 Å². The highest BCUT2D eigenvalue weighted by molar-refractivity contribution is 6.32. The van der Waals surface area contributed by atoms with E-state index in [1.807, 2.05) is 30.3 Å². The van der Waals surface area contributed by atoms with Gasteiger partial charge in [0.15, 0.2) is 5.82 Å². The first kappa shape index (κ1) is 21.2. The van der Waals surface area contributed by atoms with Crippen LogP contribution in [0.2, 0.25) is 5.02 Å². The Hall–Kier alpha value is -4.04. The predicted octanol–water partition coefficient (Wildman–Crippen LogP) is 3.98. The van der Waals surface area contributed by atoms with Gasteiger partial charge in [-0.1, -0.05) is 59.2 Å². The highest BCUT2D eigenvalue weighted by atomic mass is 35.5. The first-order valence-electron chi connectivity index (χ1n) is 9.62. The summed E-state index contributed by atoms with van der Waals surface area (Å²) in [5.74, 6) is -1.14. The second-order valence-electron chi connectivity index (χ2n) is 7.14. The molecule has 0 aliphatic carbocycles. The molecule has 1 heterocycles. The maximum atomic E-state index is 13.0. The standard InChI is InChI=1S/C23H19ClN4O4/c1-27(13-14-7-3-2-4-8-14)22(31)16-11-15(19(29)12-20(16)30)21-25-26-23(32)28(21)18-10-6-5-9-17(18)24/h2-12,29-30H,13H2,1H3,(H,26,32). The van der Waals surface area contributed by atoms with Crippen LogP contribution in [0, 0.1) is 0 Å². The number of hydrogen-bond donors (Lipinski definition) is 3. The van der Waals surface area contributed by atoms with Crippen molar-refractivity contribution in [1.82, 2.24) is 19.7 Å². The largest absolute Gasteiger partial charge is 0.507 e. The number of carbonyl (C=O) groups excluding carboxylic acids is 1. The number of halogens is 1. The van der Waals surface area contributed by atoms with Crippen molar-refractivity contribution in [2.45, 2.75) is 6.54 Å². The van der Waals surface area contributed by atoms with Crippen molar-refractivity contribution in [3.05, 3.63) is 82.9 Å². The van der Waals surface area contributed by atoms with E-state index in [9.17, 15) is 20.1 Å². The Morgan fingerprint density at radius 2 is 1.66 bits per heavy atom. The van der Waals surface area contributed by atoms with Gasteiger partial charge in [-0.2, -0.15) is 0 Å². The normalized spacial score (nSPS) is 10.8. The molecule has 0 aliphatic heterocycles. The van der Waals surface area contributed by atoms with E-state index in [2.05, 4.69) is 10.2 Å². The van der Waals surface area contributed by atoms with Crippen LogP contribution >= 0.6 is 11.6 Å². The minimum absolute atomic E-state index is 0.0376. The fourth-order valence-corrected chi connectivity index (χ4v) is 3.59. The van der Waals surface area contributed by atoms with E-state index >= 15 is 0 Å². The summed E-state index contributed by atoms with van der Waals surface area (Å²) in [7, 11) is 1.61. The van der Waals surface area contributed by atoms with Crippen LogP contribution in [0.4, 0.5) is 0 Å². The lowest BCUT2D eigenvalue weighted by Gasteiger charge is -2.19. The molecular formula is C23H19ClN4O4. The molecule has 8 nitrogen and oxygen atoms in total. The molecule has 0 saturated heterocycles. The third-order valence-electron chi connectivity index (χ3n) is 4.93. The van der Waals surface area contributed by atoms with Gasteiger partial charge in [0, 0.05) is 19.7 Å². The molecule has 1 amide bonds. The van der Waals surface area contributed by atoms with Crippen LogP contribution < -0.4 is 0 Å². The monoisotopic (exact) mass is 450 g/mol. The molecule has 4 rings (SSSR count). The van der Waals surface area contributed by atoms with Crippen LogP contribution in [0.5, 0.6) is 17.5 Å². The zero-order valence-corrected chi connectivity index (χ0v) is 17.7. The number of para-hydroxylation sites is 1. The summed E-state index contributed by atoms with van der Waals surface area (Å²) in [5.41, 5.74) is 1.36. The van der Waals surface area contributed by atoms with E-state index in [-0.39, 0.29) is 28.5 Å². The van der Waals surface area contributed by atoms with Crippen LogP contribution in [0.15, 0.2) is 66.7 Å². The average Bonchev–Trinajstić information content (AvgIpc) is 3.15. The average molecular weight is 451 g/mol. The molecule has 32 heavy (non-hydrogen) atoms. The molecule has 0 radical (unpaired) electrons. The van der Waals surface area contributed by atoms with Gasteiger partial charge < -0.3 is 20.2 Å². The molecule has 0 bridgehead atoms. The number of nitrogens with zero attached hydrogens (tertiary/aromatic N) is 4. The summed E-state index contributed by atoms with van der Waals surface area (Å²) < 4.78 is 1.25. The fourth-order valence-electron chi connectivity index (χ4n) is 3.37. The maximum Gasteiger partial charge on any atom is 0.319 e. The molecule has 4 aromatic rings. The molecule has 0 fully saturated rings. The van der Waals surface area contributed by atoms with Gasteiger partial charge in [-0.3, -0.25) is 4.79 Å². The number of phenols is 2. The van der Waals surface area contributed by atoms with Gasteiger partial charge in [0.05, 0.1) is 21.8 Å². The predicted molar refractivity (Wildman–Crippen MR) is 119 cm³/mol. The zero-order valence-electron chi connectivity index (χ0n) is 17.0. The van der Waals surface area contributed by atoms with E-state index < -0.39 is 11.9 Å². The molecule has 0 atom stereocenters. The zero-order chi connectivity index (χ0) is 22.8. The van der Waals surface area contributed by atoms with Crippen molar-refractivity contribution in [3.63, 3.8) is 0 Å². The van der Waals surface area contributed by atoms with Crippen LogP contribution in [0.25, 0.3) is 17.1 Å². The van der Waals surface area contributed by atoms with Crippen molar-refractivity contribution in [2.24, 2.45) is 0 Å². The van der Waals surface area contributed by atoms with E-state index in [1.54, 1.807) is 31.3 Å². The molecule has 1 aromatic heterocycles. The molecule has 3 N–H and O–H groups in total. The van der Waals surface area contributed by atoms with Crippen molar-refractivity contribution < 1.29 is 20.1 Å². The Bertz CT molecular complexity index is 1290. The lowest BCUT2D eigenvalue weighted by Crippen LogP contribution is -2.26. The Balaban J connectivity index is 1.76. The maximum absolute atomic E-state index is 13.0. The van der Waals surface area contributed by atoms with Gasteiger partial charge in [0.1, 0.15) is 11.5 Å². The summed E-state index contributed by atoms with van der Waals surface area (Å²) >= 11 is 6.26. The molecule has 0 saturated carbocycles. The van der Waals surface area contributed by atoms with Gasteiger partial charge in [0.2, 0.25) is 0 Å². The number of hydrogen-bond acceptors (Lipinski definition) is 6. The number of aromatic nitrogens is 3. The second-order valence-corrected chi connectivity index (χ2v) is 7.55. The molecule has 162 valence electrons. The lowest BCUT2D eigenvalue weighted by atomic mass is 10.1. The number of amides is 1. The summed E-state index contributed by atoms with van der Waals surface area (Å²) in [6.45, 7) is 0.325. The third kappa shape index (κ3) is 3.95. The fraction of sp³-hybridized carbons (Fsp3) is 0.0870. The van der Waals surface area contributed by atoms with Crippen molar-refractivity contribution in [2.75, 3.05) is 7.05 Å². The lowest BCUT2D eigenvalue weighted by molar-refractivity contribution is 0.0782. The van der Waals surface area contributed by atoms with Crippen LogP contribution in [0.1, 0.15) is 15.9 Å². The summed E-state index contributed by atoms with van der Waals surface area (Å²) in [6.07, 6.45) is 0. The molecular weight excluding hydrogens is 432 g/mol. The Morgan fingerprint density at radius 1 is 0.969 bits per heavy atom. The first-order valence-corrected chi connectivity index (χ1v) is 9.99. The van der Waals surface area contributed by atoms with Crippen molar-refractivity contribution in [1.29, 1.82) is 0 Å². The summed E-state index contributed by atoms with van der Waals surface area (Å²) in [6, 6.07) is 18.0. The van der Waals surface area contributed by atoms with Crippen LogP contribution in [-0.4, -0.2) is 47.9 Å². The smallest absolute Gasteiger partial charge is 0.319 e. The highest BCUT2D eigenvalue weighted by Crippen LogP contribution is 2.38. The molecule has 0 spiro atoms. The number of rotatable bonds is 5. The number of phenolic OH excluding ortho intramolecular Hbond substituents is 2. The SMILES string of the molecule is CN(Cc1ccccc1)C(=O)c1cc(-c2nnc(O)n2-c2ccccc2Cl)c(O)cc1O. The van der Waals surface area contributed by atoms with Gasteiger partial charge in [0.25, 0.3) is 5.91 Å².